The summed E-state index contributed by atoms with van der Waals surface area (Å²) in [4.78, 5) is 19.8. The Morgan fingerprint density at radius 3 is 2.88 bits per heavy atom. The Morgan fingerprint density at radius 1 is 1.62 bits per heavy atom. The standard InChI is InChI=1S/C10H14N4O2/c1-10(6-16-5-7(10)11)8(15)14-9-12-3-2-4-13-9/h2-4,7H,5-6,11H2,1H3,(H,12,13,14,15). The summed E-state index contributed by atoms with van der Waals surface area (Å²) in [5, 5.41) is 2.63. The van der Waals surface area contributed by atoms with E-state index in [1.807, 2.05) is 0 Å². The second-order valence-corrected chi connectivity index (χ2v) is 4.07. The van der Waals surface area contributed by atoms with Crippen LogP contribution >= 0.6 is 0 Å². The number of carbonyl (C=O) groups excluding carboxylic acids is 1. The first kappa shape index (κ1) is 11.0. The van der Waals surface area contributed by atoms with E-state index in [9.17, 15) is 4.79 Å². The average Bonchev–Trinajstić information content (AvgIpc) is 2.62. The molecule has 0 aliphatic carbocycles. The number of hydrogen-bond donors (Lipinski definition) is 2. The number of carbonyl (C=O) groups is 1. The van der Waals surface area contributed by atoms with Crippen molar-refractivity contribution in [3.8, 4) is 0 Å². The molecular weight excluding hydrogens is 208 g/mol. The van der Waals surface area contributed by atoms with Crippen LogP contribution in [0, 0.1) is 5.41 Å². The fraction of sp³-hybridized carbons (Fsp3) is 0.500. The van der Waals surface area contributed by atoms with Crippen LogP contribution < -0.4 is 11.1 Å². The number of amides is 1. The molecule has 2 heterocycles. The van der Waals surface area contributed by atoms with Crippen molar-refractivity contribution >= 4 is 11.9 Å². The lowest BCUT2D eigenvalue weighted by atomic mass is 9.85. The second-order valence-electron chi connectivity index (χ2n) is 4.07. The predicted molar refractivity (Wildman–Crippen MR) is 57.6 cm³/mol. The van der Waals surface area contributed by atoms with E-state index >= 15 is 0 Å². The number of anilines is 1. The summed E-state index contributed by atoms with van der Waals surface area (Å²) in [5.41, 5.74) is 5.13. The van der Waals surface area contributed by atoms with Gasteiger partial charge in [0.05, 0.1) is 18.6 Å². The van der Waals surface area contributed by atoms with Crippen LogP contribution in [0.25, 0.3) is 0 Å². The molecule has 1 saturated heterocycles. The maximum atomic E-state index is 12.0. The van der Waals surface area contributed by atoms with Gasteiger partial charge in [0.25, 0.3) is 0 Å². The molecule has 1 aromatic rings. The molecule has 1 aliphatic heterocycles. The van der Waals surface area contributed by atoms with E-state index in [0.717, 1.165) is 0 Å². The van der Waals surface area contributed by atoms with Gasteiger partial charge >= 0.3 is 0 Å². The molecule has 2 rings (SSSR count). The molecule has 1 aromatic heterocycles. The lowest BCUT2D eigenvalue weighted by molar-refractivity contribution is -0.125. The highest BCUT2D eigenvalue weighted by atomic mass is 16.5. The van der Waals surface area contributed by atoms with Crippen molar-refractivity contribution < 1.29 is 9.53 Å². The number of ether oxygens (including phenoxy) is 1. The summed E-state index contributed by atoms with van der Waals surface area (Å²) < 4.78 is 5.20. The maximum absolute atomic E-state index is 12.0. The Balaban J connectivity index is 2.09. The number of aromatic nitrogens is 2. The Labute approximate surface area is 93.2 Å². The van der Waals surface area contributed by atoms with Crippen LogP contribution in [0.3, 0.4) is 0 Å². The highest BCUT2D eigenvalue weighted by Gasteiger charge is 2.44. The maximum Gasteiger partial charge on any atom is 0.236 e. The lowest BCUT2D eigenvalue weighted by Gasteiger charge is -2.24. The number of nitrogens with zero attached hydrogens (tertiary/aromatic N) is 2. The number of nitrogens with one attached hydrogen (secondary N) is 1. The number of nitrogens with two attached hydrogens (primary N) is 1. The van der Waals surface area contributed by atoms with E-state index in [2.05, 4.69) is 15.3 Å². The topological polar surface area (TPSA) is 90.1 Å². The molecular formula is C10H14N4O2. The highest BCUT2D eigenvalue weighted by Crippen LogP contribution is 2.28. The van der Waals surface area contributed by atoms with Crippen LogP contribution in [0.5, 0.6) is 0 Å². The number of rotatable bonds is 2. The van der Waals surface area contributed by atoms with Gasteiger partial charge in [-0.05, 0) is 13.0 Å². The first-order valence-electron chi connectivity index (χ1n) is 5.05. The zero-order valence-electron chi connectivity index (χ0n) is 9.01. The Kier molecular flexibility index (Phi) is 2.84. The summed E-state index contributed by atoms with van der Waals surface area (Å²) in [6.45, 7) is 2.51. The van der Waals surface area contributed by atoms with Crippen molar-refractivity contribution in [1.82, 2.24) is 9.97 Å². The summed E-state index contributed by atoms with van der Waals surface area (Å²) in [5.74, 6) is 0.0801. The summed E-state index contributed by atoms with van der Waals surface area (Å²) in [6.07, 6.45) is 3.13. The minimum absolute atomic E-state index is 0.205. The Hall–Kier alpha value is -1.53. The molecule has 0 radical (unpaired) electrons. The van der Waals surface area contributed by atoms with Gasteiger partial charge in [-0.15, -0.1) is 0 Å². The second kappa shape index (κ2) is 4.15. The van der Waals surface area contributed by atoms with Crippen LogP contribution in [0.4, 0.5) is 5.95 Å². The first-order valence-corrected chi connectivity index (χ1v) is 5.05. The molecule has 0 aromatic carbocycles. The van der Waals surface area contributed by atoms with Crippen molar-refractivity contribution in [3.63, 3.8) is 0 Å². The third-order valence-corrected chi connectivity index (χ3v) is 2.83. The van der Waals surface area contributed by atoms with Crippen LogP contribution in [0.1, 0.15) is 6.92 Å². The smallest absolute Gasteiger partial charge is 0.236 e. The highest BCUT2D eigenvalue weighted by molar-refractivity contribution is 5.94. The van der Waals surface area contributed by atoms with Gasteiger partial charge in [0.15, 0.2) is 0 Å². The van der Waals surface area contributed by atoms with Gasteiger partial charge in [0.1, 0.15) is 0 Å². The van der Waals surface area contributed by atoms with Gasteiger partial charge in [0.2, 0.25) is 11.9 Å². The van der Waals surface area contributed by atoms with E-state index in [1.165, 1.54) is 0 Å². The first-order chi connectivity index (χ1) is 7.63. The fourth-order valence-electron chi connectivity index (χ4n) is 1.53. The third kappa shape index (κ3) is 1.89. The van der Waals surface area contributed by atoms with Crippen LogP contribution in [-0.2, 0) is 9.53 Å². The van der Waals surface area contributed by atoms with Crippen molar-refractivity contribution in [2.75, 3.05) is 18.5 Å². The van der Waals surface area contributed by atoms with Gasteiger partial charge in [-0.2, -0.15) is 0 Å². The van der Waals surface area contributed by atoms with Gasteiger partial charge < -0.3 is 10.5 Å². The molecule has 6 heteroatoms. The molecule has 1 fully saturated rings. The van der Waals surface area contributed by atoms with Crippen molar-refractivity contribution in [2.24, 2.45) is 11.1 Å². The van der Waals surface area contributed by atoms with Crippen LogP contribution in [0.2, 0.25) is 0 Å². The molecule has 0 spiro atoms. The van der Waals surface area contributed by atoms with Gasteiger partial charge in [-0.3, -0.25) is 10.1 Å². The van der Waals surface area contributed by atoms with Crippen molar-refractivity contribution in [1.29, 1.82) is 0 Å². The Morgan fingerprint density at radius 2 is 2.31 bits per heavy atom. The number of hydrogen-bond acceptors (Lipinski definition) is 5. The normalized spacial score (nSPS) is 29.0. The zero-order chi connectivity index (χ0) is 11.6. The van der Waals surface area contributed by atoms with Gasteiger partial charge in [0, 0.05) is 18.4 Å². The van der Waals surface area contributed by atoms with E-state index in [0.29, 0.717) is 13.2 Å². The fourth-order valence-corrected chi connectivity index (χ4v) is 1.53. The SMILES string of the molecule is CC1(C(=O)Nc2ncccn2)COCC1N. The van der Waals surface area contributed by atoms with E-state index in [4.69, 9.17) is 10.5 Å². The monoisotopic (exact) mass is 222 g/mol. The lowest BCUT2D eigenvalue weighted by Crippen LogP contribution is -2.47. The Bertz CT molecular complexity index is 384. The minimum Gasteiger partial charge on any atom is -0.379 e. The molecule has 0 saturated carbocycles. The quantitative estimate of drug-likeness (QED) is 0.722. The van der Waals surface area contributed by atoms with Crippen LogP contribution in [0.15, 0.2) is 18.5 Å². The molecule has 6 nitrogen and oxygen atoms in total. The van der Waals surface area contributed by atoms with Crippen molar-refractivity contribution in [2.45, 2.75) is 13.0 Å². The molecule has 2 atom stereocenters. The van der Waals surface area contributed by atoms with E-state index in [-0.39, 0.29) is 17.9 Å². The molecule has 0 bridgehead atoms. The molecule has 16 heavy (non-hydrogen) atoms. The van der Waals surface area contributed by atoms with Crippen LogP contribution in [-0.4, -0.2) is 35.1 Å². The summed E-state index contributed by atoms with van der Waals surface area (Å²) in [7, 11) is 0. The molecule has 3 N–H and O–H groups in total. The van der Waals surface area contributed by atoms with Gasteiger partial charge in [-0.25, -0.2) is 9.97 Å². The summed E-state index contributed by atoms with van der Waals surface area (Å²) >= 11 is 0. The summed E-state index contributed by atoms with van der Waals surface area (Å²) in [6, 6.07) is 1.39. The third-order valence-electron chi connectivity index (χ3n) is 2.83. The molecule has 1 amide bonds. The molecule has 2 unspecified atom stereocenters. The average molecular weight is 222 g/mol. The zero-order valence-corrected chi connectivity index (χ0v) is 9.01. The van der Waals surface area contributed by atoms with Crippen molar-refractivity contribution in [3.05, 3.63) is 18.5 Å². The molecule has 1 aliphatic rings. The van der Waals surface area contributed by atoms with E-state index in [1.54, 1.807) is 25.4 Å². The minimum atomic E-state index is -0.709. The van der Waals surface area contributed by atoms with E-state index < -0.39 is 5.41 Å². The predicted octanol–water partition coefficient (Wildman–Crippen LogP) is -0.221. The molecule has 86 valence electrons. The van der Waals surface area contributed by atoms with Gasteiger partial charge in [-0.1, -0.05) is 0 Å². The largest absolute Gasteiger partial charge is 0.379 e.